The first-order chi connectivity index (χ1) is 17.7. The lowest BCUT2D eigenvalue weighted by molar-refractivity contribution is -0.384. The number of benzene rings is 1. The number of nitro groups is 1. The van der Waals surface area contributed by atoms with Crippen LogP contribution in [0.25, 0.3) is 22.2 Å². The number of aryl methyl sites for hydroxylation is 1. The molecule has 0 radical (unpaired) electrons. The molecule has 192 valence electrons. The average molecular weight is 545 g/mol. The molecule has 37 heavy (non-hydrogen) atoms. The lowest BCUT2D eigenvalue weighted by Crippen LogP contribution is -2.23. The number of hydrogen-bond acceptors (Lipinski definition) is 10. The smallest absolute Gasteiger partial charge is 0.331 e. The summed E-state index contributed by atoms with van der Waals surface area (Å²) < 4.78 is 12.1. The molecule has 1 aliphatic rings. The largest absolute Gasteiger partial charge is 0.495 e. The number of rotatable bonds is 8. The molecule has 0 aliphatic heterocycles. The van der Waals surface area contributed by atoms with Gasteiger partial charge in [0.1, 0.15) is 23.2 Å². The van der Waals surface area contributed by atoms with Crippen LogP contribution in [-0.4, -0.2) is 50.4 Å². The van der Waals surface area contributed by atoms with Gasteiger partial charge in [-0.2, -0.15) is 0 Å². The van der Waals surface area contributed by atoms with E-state index in [1.165, 1.54) is 25.1 Å². The van der Waals surface area contributed by atoms with Crippen molar-refractivity contribution in [3.05, 3.63) is 44.7 Å². The number of hydrogen-bond donors (Lipinski definition) is 1. The second kappa shape index (κ2) is 9.52. The number of aromatic nitrogens is 5. The van der Waals surface area contributed by atoms with Crippen molar-refractivity contribution < 1.29 is 14.4 Å². The Morgan fingerprint density at radius 1 is 1.19 bits per heavy atom. The molecule has 0 atom stereocenters. The van der Waals surface area contributed by atoms with Gasteiger partial charge in [-0.25, -0.2) is 15.0 Å². The zero-order valence-corrected chi connectivity index (χ0v) is 21.6. The highest BCUT2D eigenvalue weighted by Gasteiger charge is 2.33. The van der Waals surface area contributed by atoms with Crippen LogP contribution in [0, 0.1) is 16.0 Å². The first-order valence-electron chi connectivity index (χ1n) is 11.2. The second-order valence-corrected chi connectivity index (χ2v) is 9.36. The van der Waals surface area contributed by atoms with E-state index in [1.54, 1.807) is 30.3 Å². The summed E-state index contributed by atoms with van der Waals surface area (Å²) in [7, 11) is 4.59. The third-order valence-electron chi connectivity index (χ3n) is 6.03. The molecule has 5 rings (SSSR count). The SMILES string of the molecule is COc1cc(OC)c(Cl)c(-c2cc3cnc(N(CC4CC4)c4nn(C)cc4[N+](=O)[O-])nc3c(N)n2)c1Cl. The molecule has 2 N–H and O–H groups in total. The summed E-state index contributed by atoms with van der Waals surface area (Å²) >= 11 is 13.1. The maximum atomic E-state index is 11.7. The third kappa shape index (κ3) is 4.53. The first kappa shape index (κ1) is 24.8. The molecule has 0 bridgehead atoms. The highest BCUT2D eigenvalue weighted by Crippen LogP contribution is 2.46. The van der Waals surface area contributed by atoms with Gasteiger partial charge in [0.2, 0.25) is 11.8 Å². The molecule has 0 saturated heterocycles. The van der Waals surface area contributed by atoms with Crippen molar-refractivity contribution in [2.75, 3.05) is 31.4 Å². The molecule has 1 aromatic carbocycles. The Morgan fingerprint density at radius 3 is 2.46 bits per heavy atom. The summed E-state index contributed by atoms with van der Waals surface area (Å²) in [5.74, 6) is 1.60. The van der Waals surface area contributed by atoms with Gasteiger partial charge in [-0.05, 0) is 24.8 Å². The maximum Gasteiger partial charge on any atom is 0.331 e. The molecule has 0 unspecified atom stereocenters. The summed E-state index contributed by atoms with van der Waals surface area (Å²) in [5.41, 5.74) is 7.34. The second-order valence-electron chi connectivity index (χ2n) is 8.61. The normalized spacial score (nSPS) is 13.1. The molecule has 0 amide bonds. The summed E-state index contributed by atoms with van der Waals surface area (Å²) in [4.78, 5) is 26.5. The minimum atomic E-state index is -0.471. The number of nitrogens with two attached hydrogens (primary N) is 1. The van der Waals surface area contributed by atoms with E-state index in [9.17, 15) is 10.1 Å². The number of nitrogens with zero attached hydrogens (tertiary/aromatic N) is 7. The molecular formula is C23H22Cl2N8O4. The number of nitrogen functional groups attached to an aromatic ring is 1. The van der Waals surface area contributed by atoms with Gasteiger partial charge in [-0.15, -0.1) is 5.10 Å². The third-order valence-corrected chi connectivity index (χ3v) is 6.78. The lowest BCUT2D eigenvalue weighted by Gasteiger charge is -2.20. The molecule has 1 saturated carbocycles. The van der Waals surface area contributed by atoms with Gasteiger partial charge in [0.15, 0.2) is 5.82 Å². The van der Waals surface area contributed by atoms with Crippen molar-refractivity contribution in [1.82, 2.24) is 24.7 Å². The monoisotopic (exact) mass is 544 g/mol. The molecule has 12 nitrogen and oxygen atoms in total. The number of fused-ring (bicyclic) bond motifs is 1. The van der Waals surface area contributed by atoms with Gasteiger partial charge in [0, 0.05) is 36.8 Å². The van der Waals surface area contributed by atoms with Crippen LogP contribution in [0.1, 0.15) is 12.8 Å². The Kier molecular flexibility index (Phi) is 6.38. The quantitative estimate of drug-likeness (QED) is 0.242. The van der Waals surface area contributed by atoms with E-state index in [4.69, 9.17) is 38.4 Å². The molecule has 3 aromatic heterocycles. The first-order valence-corrected chi connectivity index (χ1v) is 12.0. The van der Waals surface area contributed by atoms with Gasteiger partial charge >= 0.3 is 5.69 Å². The number of ether oxygens (including phenoxy) is 2. The van der Waals surface area contributed by atoms with Crippen LogP contribution >= 0.6 is 23.2 Å². The fourth-order valence-corrected chi connectivity index (χ4v) is 4.72. The van der Waals surface area contributed by atoms with Gasteiger partial charge < -0.3 is 15.2 Å². The molecular weight excluding hydrogens is 523 g/mol. The zero-order valence-electron chi connectivity index (χ0n) is 20.1. The van der Waals surface area contributed by atoms with Crippen LogP contribution in [0.2, 0.25) is 10.0 Å². The van der Waals surface area contributed by atoms with Crippen molar-refractivity contribution >= 4 is 57.4 Å². The number of pyridine rings is 1. The zero-order chi connectivity index (χ0) is 26.4. The predicted molar refractivity (Wildman–Crippen MR) is 140 cm³/mol. The summed E-state index contributed by atoms with van der Waals surface area (Å²) in [6.07, 6.45) is 4.97. The van der Waals surface area contributed by atoms with Crippen LogP contribution in [0.15, 0.2) is 24.5 Å². The van der Waals surface area contributed by atoms with Crippen molar-refractivity contribution in [2.45, 2.75) is 12.8 Å². The highest BCUT2D eigenvalue weighted by atomic mass is 35.5. The molecule has 1 fully saturated rings. The van der Waals surface area contributed by atoms with Crippen molar-refractivity contribution in [3.8, 4) is 22.8 Å². The molecule has 0 spiro atoms. The van der Waals surface area contributed by atoms with Crippen LogP contribution < -0.4 is 20.1 Å². The highest BCUT2D eigenvalue weighted by molar-refractivity contribution is 6.41. The van der Waals surface area contributed by atoms with E-state index in [2.05, 4.69) is 20.1 Å². The van der Waals surface area contributed by atoms with E-state index in [1.807, 2.05) is 0 Å². The number of halogens is 2. The van der Waals surface area contributed by atoms with Crippen molar-refractivity contribution in [2.24, 2.45) is 13.0 Å². The van der Waals surface area contributed by atoms with Crippen molar-refractivity contribution in [3.63, 3.8) is 0 Å². The van der Waals surface area contributed by atoms with E-state index in [-0.39, 0.29) is 33.3 Å². The minimum Gasteiger partial charge on any atom is -0.495 e. The number of anilines is 3. The number of methoxy groups -OCH3 is 2. The fourth-order valence-electron chi connectivity index (χ4n) is 4.03. The van der Waals surface area contributed by atoms with Gasteiger partial charge in [-0.3, -0.25) is 19.7 Å². The molecule has 14 heteroatoms. The van der Waals surface area contributed by atoms with Crippen LogP contribution in [-0.2, 0) is 7.05 Å². The van der Waals surface area contributed by atoms with Crippen LogP contribution in [0.5, 0.6) is 11.5 Å². The molecule has 1 aliphatic carbocycles. The Hall–Kier alpha value is -3.90. The van der Waals surface area contributed by atoms with E-state index in [0.717, 1.165) is 12.8 Å². The van der Waals surface area contributed by atoms with E-state index >= 15 is 0 Å². The standard InChI is InChI=1S/C23H22Cl2N8O4/c1-31-10-14(33(34)35)22(30-31)32(9-11-4-5-11)23-27-8-12-6-13(28-21(26)20(12)29-23)17-18(24)15(36-2)7-16(37-3)19(17)25/h6-8,10-11H,4-5,9H2,1-3H3,(H2,26,28). The lowest BCUT2D eigenvalue weighted by atomic mass is 10.1. The maximum absolute atomic E-state index is 11.7. The van der Waals surface area contributed by atoms with Gasteiger partial charge in [0.05, 0.1) is 34.9 Å². The van der Waals surface area contributed by atoms with Crippen LogP contribution in [0.4, 0.5) is 23.3 Å². The Bertz CT molecular complexity index is 1510. The summed E-state index contributed by atoms with van der Waals surface area (Å²) in [6.45, 7) is 0.490. The van der Waals surface area contributed by atoms with E-state index < -0.39 is 4.92 Å². The Balaban J connectivity index is 1.63. The van der Waals surface area contributed by atoms with Crippen LogP contribution in [0.3, 0.4) is 0 Å². The summed E-state index contributed by atoms with van der Waals surface area (Å²) in [5, 5.41) is 17.1. The Labute approximate surface area is 221 Å². The van der Waals surface area contributed by atoms with E-state index in [0.29, 0.717) is 46.1 Å². The molecule has 4 aromatic rings. The average Bonchev–Trinajstić information content (AvgIpc) is 3.61. The van der Waals surface area contributed by atoms with Gasteiger partial charge in [0.25, 0.3) is 0 Å². The van der Waals surface area contributed by atoms with Crippen molar-refractivity contribution in [1.29, 1.82) is 0 Å². The topological polar surface area (TPSA) is 147 Å². The minimum absolute atomic E-state index is 0.104. The van der Waals surface area contributed by atoms with Gasteiger partial charge in [-0.1, -0.05) is 23.2 Å². The predicted octanol–water partition coefficient (Wildman–Crippen LogP) is 4.79. The molecule has 3 heterocycles. The summed E-state index contributed by atoms with van der Waals surface area (Å²) in [6, 6.07) is 3.29. The fraction of sp³-hybridized carbons (Fsp3) is 0.304. The Morgan fingerprint density at radius 2 is 1.86 bits per heavy atom.